The van der Waals surface area contributed by atoms with Gasteiger partial charge in [0.05, 0.1) is 55.5 Å². The van der Waals surface area contributed by atoms with Crippen LogP contribution in [0.4, 0.5) is 17.1 Å². The monoisotopic (exact) mass is 657 g/mol. The first-order chi connectivity index (χ1) is 22.6. The zero-order valence-electron chi connectivity index (χ0n) is 26.6. The molecule has 0 aliphatic heterocycles. The summed E-state index contributed by atoms with van der Waals surface area (Å²) in [5.74, 6) is 0.181. The number of carbonyl (C=O) groups excluding carboxylic acids is 1. The predicted molar refractivity (Wildman–Crippen MR) is 179 cm³/mol. The minimum atomic E-state index is -4.16. The summed E-state index contributed by atoms with van der Waals surface area (Å²) in [4.78, 5) is 25.8. The van der Waals surface area contributed by atoms with Crippen LogP contribution in [0.5, 0.6) is 17.6 Å². The number of anilines is 3. The van der Waals surface area contributed by atoms with Gasteiger partial charge in [0.2, 0.25) is 5.88 Å². The lowest BCUT2D eigenvalue weighted by atomic mass is 10.0. The second-order valence-electron chi connectivity index (χ2n) is 10.7. The molecule has 0 aliphatic rings. The minimum absolute atomic E-state index is 0.114. The van der Waals surface area contributed by atoms with E-state index in [4.69, 9.17) is 18.9 Å². The lowest BCUT2D eigenvalue weighted by Crippen LogP contribution is -2.15. The van der Waals surface area contributed by atoms with E-state index in [1.54, 1.807) is 72.9 Å². The fourth-order valence-electron chi connectivity index (χ4n) is 4.75. The van der Waals surface area contributed by atoms with E-state index in [-0.39, 0.29) is 34.9 Å². The number of nitrogens with one attached hydrogen (secondary N) is 2. The standard InChI is InChI=1S/C34H35N5O7S/c1-6-14-45-33(40)23-15-25(18-26(16-23)46-21(2)3)37-31-27-13-12-22(28-19-36-34(44-5)38-32(28)43-4)17-29(27)35-20-30(31)47(41,42)39-24-10-8-7-9-11-24/h7-13,15-21,39H,6,14H2,1-5H3,(H,35,37). The maximum Gasteiger partial charge on any atom is 0.338 e. The van der Waals surface area contributed by atoms with E-state index in [9.17, 15) is 13.2 Å². The van der Waals surface area contributed by atoms with E-state index in [1.165, 1.54) is 20.4 Å². The largest absolute Gasteiger partial charge is 0.491 e. The maximum atomic E-state index is 13.9. The van der Waals surface area contributed by atoms with Crippen molar-refractivity contribution in [2.75, 3.05) is 30.9 Å². The summed E-state index contributed by atoms with van der Waals surface area (Å²) < 4.78 is 52.3. The third-order valence-corrected chi connectivity index (χ3v) is 8.18. The summed E-state index contributed by atoms with van der Waals surface area (Å²) in [6, 6.07) is 18.9. The van der Waals surface area contributed by atoms with Gasteiger partial charge in [-0.25, -0.2) is 18.2 Å². The molecule has 0 aliphatic carbocycles. The van der Waals surface area contributed by atoms with Gasteiger partial charge in [-0.1, -0.05) is 37.3 Å². The number of aromatic nitrogens is 3. The van der Waals surface area contributed by atoms with Gasteiger partial charge >= 0.3 is 12.0 Å². The Morgan fingerprint density at radius 1 is 0.915 bits per heavy atom. The average Bonchev–Trinajstić information content (AvgIpc) is 3.06. The van der Waals surface area contributed by atoms with Gasteiger partial charge in [0.15, 0.2) is 0 Å². The maximum absolute atomic E-state index is 13.9. The van der Waals surface area contributed by atoms with Gasteiger partial charge < -0.3 is 24.3 Å². The molecule has 0 radical (unpaired) electrons. The number of pyridine rings is 1. The van der Waals surface area contributed by atoms with Gasteiger partial charge in [-0.2, -0.15) is 4.98 Å². The molecule has 2 aromatic heterocycles. The molecule has 0 spiro atoms. The Balaban J connectivity index is 1.67. The van der Waals surface area contributed by atoms with E-state index in [0.29, 0.717) is 51.5 Å². The van der Waals surface area contributed by atoms with Crippen molar-refractivity contribution in [3.05, 3.63) is 84.7 Å². The van der Waals surface area contributed by atoms with Crippen LogP contribution in [-0.2, 0) is 14.8 Å². The number of hydrogen-bond donors (Lipinski definition) is 2. The highest BCUT2D eigenvalue weighted by molar-refractivity contribution is 7.93. The first-order valence-electron chi connectivity index (χ1n) is 14.8. The van der Waals surface area contributed by atoms with Crippen molar-refractivity contribution in [1.29, 1.82) is 0 Å². The molecule has 47 heavy (non-hydrogen) atoms. The summed E-state index contributed by atoms with van der Waals surface area (Å²) in [5, 5.41) is 3.75. The highest BCUT2D eigenvalue weighted by atomic mass is 32.2. The molecule has 3 aromatic carbocycles. The zero-order valence-corrected chi connectivity index (χ0v) is 27.4. The van der Waals surface area contributed by atoms with Crippen molar-refractivity contribution in [3.8, 4) is 28.8 Å². The number of nitrogens with zero attached hydrogens (tertiary/aromatic N) is 3. The molecule has 12 nitrogen and oxygen atoms in total. The lowest BCUT2D eigenvalue weighted by molar-refractivity contribution is 0.0504. The number of para-hydroxylation sites is 1. The SMILES string of the molecule is CCCOC(=O)c1cc(Nc2c(S(=O)(=O)Nc3ccccc3)cnc3cc(-c4cnc(OC)nc4OC)ccc23)cc(OC(C)C)c1. The minimum Gasteiger partial charge on any atom is -0.491 e. The van der Waals surface area contributed by atoms with Crippen LogP contribution in [0.25, 0.3) is 22.0 Å². The van der Waals surface area contributed by atoms with Gasteiger partial charge in [-0.15, -0.1) is 0 Å². The molecule has 0 amide bonds. The molecule has 0 saturated carbocycles. The topological polar surface area (TPSA) is 151 Å². The van der Waals surface area contributed by atoms with Crippen LogP contribution in [0.3, 0.4) is 0 Å². The highest BCUT2D eigenvalue weighted by Crippen LogP contribution is 2.37. The molecule has 244 valence electrons. The summed E-state index contributed by atoms with van der Waals surface area (Å²) in [7, 11) is -1.20. The van der Waals surface area contributed by atoms with Crippen molar-refractivity contribution >= 4 is 44.0 Å². The van der Waals surface area contributed by atoms with E-state index >= 15 is 0 Å². The number of hydrogen-bond acceptors (Lipinski definition) is 11. The van der Waals surface area contributed by atoms with Crippen LogP contribution >= 0.6 is 0 Å². The van der Waals surface area contributed by atoms with Crippen LogP contribution in [-0.4, -0.2) is 56.3 Å². The van der Waals surface area contributed by atoms with E-state index in [2.05, 4.69) is 25.0 Å². The summed E-state index contributed by atoms with van der Waals surface area (Å²) in [5.41, 5.74) is 3.01. The van der Waals surface area contributed by atoms with E-state index in [0.717, 1.165) is 0 Å². The molecule has 2 heterocycles. The summed E-state index contributed by atoms with van der Waals surface area (Å²) in [6.45, 7) is 5.89. The summed E-state index contributed by atoms with van der Waals surface area (Å²) >= 11 is 0. The molecule has 2 N–H and O–H groups in total. The fourth-order valence-corrected chi connectivity index (χ4v) is 5.92. The molecule has 5 aromatic rings. The fraction of sp³-hybridized carbons (Fsp3) is 0.235. The van der Waals surface area contributed by atoms with Crippen LogP contribution in [0.15, 0.2) is 84.0 Å². The lowest BCUT2D eigenvalue weighted by Gasteiger charge is -2.18. The Morgan fingerprint density at radius 3 is 2.40 bits per heavy atom. The second kappa shape index (κ2) is 14.3. The van der Waals surface area contributed by atoms with Gasteiger partial charge in [0, 0.05) is 29.0 Å². The number of methoxy groups -OCH3 is 2. The normalized spacial score (nSPS) is 11.3. The molecule has 0 bridgehead atoms. The molecular weight excluding hydrogens is 622 g/mol. The third kappa shape index (κ3) is 7.69. The number of benzene rings is 3. The molecule has 0 fully saturated rings. The van der Waals surface area contributed by atoms with Crippen LogP contribution in [0.1, 0.15) is 37.6 Å². The Kier molecular flexibility index (Phi) is 10.0. The summed E-state index contributed by atoms with van der Waals surface area (Å²) in [6.07, 6.45) is 3.34. The Hall–Kier alpha value is -5.43. The number of rotatable bonds is 13. The number of ether oxygens (including phenoxy) is 4. The van der Waals surface area contributed by atoms with Crippen molar-refractivity contribution < 1.29 is 32.2 Å². The number of carbonyl (C=O) groups is 1. The third-order valence-electron chi connectivity index (χ3n) is 6.79. The van der Waals surface area contributed by atoms with Gasteiger partial charge in [0.25, 0.3) is 10.0 Å². The molecular formula is C34H35N5O7S. The molecule has 13 heteroatoms. The Bertz CT molecular complexity index is 2000. The van der Waals surface area contributed by atoms with Gasteiger partial charge in [0.1, 0.15) is 10.6 Å². The smallest absolute Gasteiger partial charge is 0.338 e. The van der Waals surface area contributed by atoms with Crippen LogP contribution in [0.2, 0.25) is 0 Å². The molecule has 0 saturated heterocycles. The first-order valence-corrected chi connectivity index (χ1v) is 16.3. The molecule has 0 unspecified atom stereocenters. The number of sulfonamides is 1. The molecule has 0 atom stereocenters. The second-order valence-corrected chi connectivity index (χ2v) is 12.3. The van der Waals surface area contributed by atoms with Gasteiger partial charge in [-0.05, 0) is 56.2 Å². The Morgan fingerprint density at radius 2 is 1.70 bits per heavy atom. The van der Waals surface area contributed by atoms with E-state index in [1.807, 2.05) is 20.8 Å². The van der Waals surface area contributed by atoms with E-state index < -0.39 is 16.0 Å². The van der Waals surface area contributed by atoms with Crippen molar-refractivity contribution in [3.63, 3.8) is 0 Å². The van der Waals surface area contributed by atoms with Crippen molar-refractivity contribution in [2.45, 2.75) is 38.2 Å². The number of esters is 1. The molecule has 5 rings (SSSR count). The van der Waals surface area contributed by atoms with Gasteiger partial charge in [-0.3, -0.25) is 9.71 Å². The number of fused-ring (bicyclic) bond motifs is 1. The van der Waals surface area contributed by atoms with Crippen LogP contribution < -0.4 is 24.2 Å². The van der Waals surface area contributed by atoms with Crippen molar-refractivity contribution in [2.24, 2.45) is 0 Å². The first kappa shape index (κ1) is 32.9. The quantitative estimate of drug-likeness (QED) is 0.132. The highest BCUT2D eigenvalue weighted by Gasteiger charge is 2.24. The predicted octanol–water partition coefficient (Wildman–Crippen LogP) is 6.61. The van der Waals surface area contributed by atoms with Crippen molar-refractivity contribution in [1.82, 2.24) is 15.0 Å². The zero-order chi connectivity index (χ0) is 33.6. The van der Waals surface area contributed by atoms with Crippen LogP contribution in [0, 0.1) is 0 Å². The Labute approximate surface area is 273 Å². The average molecular weight is 658 g/mol.